The monoisotopic (exact) mass is 125 g/mol. The van der Waals surface area contributed by atoms with E-state index in [4.69, 9.17) is 0 Å². The van der Waals surface area contributed by atoms with E-state index in [1.807, 2.05) is 6.21 Å². The van der Waals surface area contributed by atoms with Crippen molar-refractivity contribution in [1.29, 1.82) is 0 Å². The van der Waals surface area contributed by atoms with Crippen molar-refractivity contribution in [3.05, 3.63) is 0 Å². The van der Waals surface area contributed by atoms with Crippen LogP contribution in [0.3, 0.4) is 0 Å². The number of aliphatic imine (C=N–C) groups is 1. The van der Waals surface area contributed by atoms with Crippen molar-refractivity contribution in [1.82, 2.24) is 5.43 Å². The molecule has 9 heavy (non-hydrogen) atoms. The van der Waals surface area contributed by atoms with Crippen molar-refractivity contribution in [2.75, 3.05) is 6.67 Å². The van der Waals surface area contributed by atoms with E-state index in [0.29, 0.717) is 12.6 Å². The Morgan fingerprint density at radius 2 is 2.44 bits per heavy atom. The molecule has 0 radical (unpaired) electrons. The lowest BCUT2D eigenvalue weighted by Crippen LogP contribution is -2.21. The topological polar surface area (TPSA) is 36.8 Å². The highest BCUT2D eigenvalue weighted by molar-refractivity contribution is 6.31. The summed E-state index contributed by atoms with van der Waals surface area (Å²) in [6.45, 7) is 4.81. The second-order valence-electron chi connectivity index (χ2n) is 2.32. The molecule has 1 heterocycles. The van der Waals surface area contributed by atoms with Gasteiger partial charge in [-0.3, -0.25) is 10.4 Å². The molecule has 0 atom stereocenters. The highest BCUT2D eigenvalue weighted by Crippen LogP contribution is 1.95. The minimum absolute atomic E-state index is 0.474. The van der Waals surface area contributed by atoms with Crippen LogP contribution in [-0.2, 0) is 0 Å². The molecule has 0 aromatic rings. The molecule has 0 amide bonds. The van der Waals surface area contributed by atoms with Crippen LogP contribution in [0.15, 0.2) is 10.1 Å². The zero-order valence-electron chi connectivity index (χ0n) is 5.76. The minimum atomic E-state index is 0.474. The molecule has 0 saturated carbocycles. The predicted molar refractivity (Wildman–Crippen MR) is 38.8 cm³/mol. The highest BCUT2D eigenvalue weighted by atomic mass is 15.3. The van der Waals surface area contributed by atoms with Gasteiger partial charge < -0.3 is 0 Å². The fraction of sp³-hybridized carbons (Fsp3) is 0.667. The average molecular weight is 125 g/mol. The SMILES string of the molecule is CC(C)C1=NNCN=C1. The summed E-state index contributed by atoms with van der Waals surface area (Å²) in [5, 5.41) is 4.05. The van der Waals surface area contributed by atoms with Crippen LogP contribution in [-0.4, -0.2) is 18.6 Å². The molecule has 0 bridgehead atoms. The second kappa shape index (κ2) is 2.62. The fourth-order valence-corrected chi connectivity index (χ4v) is 0.614. The van der Waals surface area contributed by atoms with Gasteiger partial charge in [0.2, 0.25) is 0 Å². The Balaban J connectivity index is 2.58. The molecular weight excluding hydrogens is 114 g/mol. The molecule has 1 aliphatic heterocycles. The van der Waals surface area contributed by atoms with E-state index in [1.54, 1.807) is 0 Å². The molecule has 1 rings (SSSR count). The Bertz CT molecular complexity index is 146. The quantitative estimate of drug-likeness (QED) is 0.548. The molecule has 0 saturated heterocycles. The molecular formula is C6H11N3. The molecule has 3 heteroatoms. The summed E-state index contributed by atoms with van der Waals surface area (Å²) in [5.41, 5.74) is 3.84. The predicted octanol–water partition coefficient (Wildman–Crippen LogP) is 0.630. The van der Waals surface area contributed by atoms with Crippen LogP contribution in [0.4, 0.5) is 0 Å². The van der Waals surface area contributed by atoms with Crippen molar-refractivity contribution in [2.24, 2.45) is 16.0 Å². The molecule has 50 valence electrons. The molecule has 3 nitrogen and oxygen atoms in total. The minimum Gasteiger partial charge on any atom is -0.288 e. The third kappa shape index (κ3) is 1.52. The molecule has 0 aromatic heterocycles. The molecule has 0 aromatic carbocycles. The van der Waals surface area contributed by atoms with Crippen molar-refractivity contribution in [3.8, 4) is 0 Å². The maximum atomic E-state index is 4.05. The smallest absolute Gasteiger partial charge is 0.123 e. The van der Waals surface area contributed by atoms with E-state index in [-0.39, 0.29) is 0 Å². The van der Waals surface area contributed by atoms with Crippen LogP contribution in [0.1, 0.15) is 13.8 Å². The first kappa shape index (κ1) is 6.26. The van der Waals surface area contributed by atoms with Gasteiger partial charge in [0, 0.05) is 6.21 Å². The van der Waals surface area contributed by atoms with Crippen LogP contribution in [0.2, 0.25) is 0 Å². The normalized spacial score (nSPS) is 17.4. The zero-order chi connectivity index (χ0) is 6.69. The summed E-state index contributed by atoms with van der Waals surface area (Å²) in [5.74, 6) is 0.474. The summed E-state index contributed by atoms with van der Waals surface area (Å²) in [7, 11) is 0. The second-order valence-corrected chi connectivity index (χ2v) is 2.32. The van der Waals surface area contributed by atoms with E-state index in [2.05, 4.69) is 29.4 Å². The van der Waals surface area contributed by atoms with Crippen molar-refractivity contribution in [3.63, 3.8) is 0 Å². The Morgan fingerprint density at radius 3 is 2.78 bits per heavy atom. The van der Waals surface area contributed by atoms with Gasteiger partial charge in [-0.05, 0) is 5.92 Å². The molecule has 0 aliphatic carbocycles. The van der Waals surface area contributed by atoms with E-state index in [9.17, 15) is 0 Å². The van der Waals surface area contributed by atoms with Crippen LogP contribution >= 0.6 is 0 Å². The van der Waals surface area contributed by atoms with E-state index in [0.717, 1.165) is 5.71 Å². The van der Waals surface area contributed by atoms with Gasteiger partial charge in [0.1, 0.15) is 6.67 Å². The summed E-state index contributed by atoms with van der Waals surface area (Å²) in [6, 6.07) is 0. The summed E-state index contributed by atoms with van der Waals surface area (Å²) in [6.07, 6.45) is 1.82. The Morgan fingerprint density at radius 1 is 1.67 bits per heavy atom. The number of hydrazone groups is 1. The highest BCUT2D eigenvalue weighted by Gasteiger charge is 2.02. The van der Waals surface area contributed by atoms with Crippen LogP contribution in [0.5, 0.6) is 0 Å². The van der Waals surface area contributed by atoms with Gasteiger partial charge in [-0.1, -0.05) is 13.8 Å². The molecule has 1 aliphatic rings. The lowest BCUT2D eigenvalue weighted by molar-refractivity contribution is 0.736. The van der Waals surface area contributed by atoms with Gasteiger partial charge in [-0.2, -0.15) is 5.10 Å². The number of hydrogen-bond donors (Lipinski definition) is 1. The van der Waals surface area contributed by atoms with E-state index >= 15 is 0 Å². The number of nitrogens with zero attached hydrogens (tertiary/aromatic N) is 2. The van der Waals surface area contributed by atoms with E-state index in [1.165, 1.54) is 0 Å². The Labute approximate surface area is 54.9 Å². The van der Waals surface area contributed by atoms with Gasteiger partial charge in [-0.25, -0.2) is 0 Å². The van der Waals surface area contributed by atoms with E-state index < -0.39 is 0 Å². The molecule has 0 unspecified atom stereocenters. The average Bonchev–Trinajstić information content (AvgIpc) is 1.90. The summed E-state index contributed by atoms with van der Waals surface area (Å²) < 4.78 is 0. The summed E-state index contributed by atoms with van der Waals surface area (Å²) in [4.78, 5) is 4.01. The first-order chi connectivity index (χ1) is 4.30. The van der Waals surface area contributed by atoms with Gasteiger partial charge >= 0.3 is 0 Å². The zero-order valence-corrected chi connectivity index (χ0v) is 5.76. The maximum absolute atomic E-state index is 4.05. The molecule has 0 spiro atoms. The van der Waals surface area contributed by atoms with Crippen molar-refractivity contribution < 1.29 is 0 Å². The van der Waals surface area contributed by atoms with Gasteiger partial charge in [0.15, 0.2) is 0 Å². The van der Waals surface area contributed by atoms with Gasteiger partial charge in [0.25, 0.3) is 0 Å². The summed E-state index contributed by atoms with van der Waals surface area (Å²) >= 11 is 0. The number of rotatable bonds is 1. The first-order valence-corrected chi connectivity index (χ1v) is 3.11. The Kier molecular flexibility index (Phi) is 1.82. The first-order valence-electron chi connectivity index (χ1n) is 3.11. The van der Waals surface area contributed by atoms with Crippen LogP contribution in [0, 0.1) is 5.92 Å². The number of nitrogens with one attached hydrogen (secondary N) is 1. The maximum Gasteiger partial charge on any atom is 0.123 e. The Hall–Kier alpha value is -0.860. The molecule has 1 N–H and O–H groups in total. The third-order valence-corrected chi connectivity index (χ3v) is 1.19. The lowest BCUT2D eigenvalue weighted by Gasteiger charge is -2.08. The fourth-order valence-electron chi connectivity index (χ4n) is 0.614. The lowest BCUT2D eigenvalue weighted by atomic mass is 10.1. The van der Waals surface area contributed by atoms with Gasteiger partial charge in [-0.15, -0.1) is 0 Å². The van der Waals surface area contributed by atoms with Gasteiger partial charge in [0.05, 0.1) is 5.71 Å². The van der Waals surface area contributed by atoms with Crippen molar-refractivity contribution >= 4 is 11.9 Å². The van der Waals surface area contributed by atoms with Crippen LogP contribution < -0.4 is 5.43 Å². The standard InChI is InChI=1S/C6H11N3/c1-5(2)6-3-7-4-8-9-6/h3,5,8H,4H2,1-2H3. The third-order valence-electron chi connectivity index (χ3n) is 1.19. The number of hydrogen-bond acceptors (Lipinski definition) is 3. The largest absolute Gasteiger partial charge is 0.288 e. The molecule has 0 fully saturated rings. The van der Waals surface area contributed by atoms with Crippen molar-refractivity contribution in [2.45, 2.75) is 13.8 Å². The van der Waals surface area contributed by atoms with Crippen LogP contribution in [0.25, 0.3) is 0 Å².